The van der Waals surface area contributed by atoms with Gasteiger partial charge >= 0.3 is 0 Å². The van der Waals surface area contributed by atoms with Crippen LogP contribution in [0.3, 0.4) is 0 Å². The van der Waals surface area contributed by atoms with Gasteiger partial charge in [-0.05, 0) is 19.5 Å². The molecular formula is C18H24N4OS. The molecule has 2 heterocycles. The van der Waals surface area contributed by atoms with E-state index >= 15 is 0 Å². The fourth-order valence-corrected chi connectivity index (χ4v) is 3.85. The predicted molar refractivity (Wildman–Crippen MR) is 97.4 cm³/mol. The molecule has 0 bridgehead atoms. The molecule has 0 spiro atoms. The highest BCUT2D eigenvalue weighted by Gasteiger charge is 2.26. The van der Waals surface area contributed by atoms with Gasteiger partial charge in [0.05, 0.1) is 11.2 Å². The lowest BCUT2D eigenvalue weighted by molar-refractivity contribution is 0.0844. The zero-order valence-corrected chi connectivity index (χ0v) is 15.1. The van der Waals surface area contributed by atoms with E-state index < -0.39 is 0 Å². The van der Waals surface area contributed by atoms with Crippen molar-refractivity contribution in [3.8, 4) is 0 Å². The fraction of sp³-hybridized carbons (Fsp3) is 0.444. The Kier molecular flexibility index (Phi) is 5.60. The summed E-state index contributed by atoms with van der Waals surface area (Å²) in [6.07, 6.45) is 0. The minimum absolute atomic E-state index is 0.0135. The molecule has 0 saturated carbocycles. The van der Waals surface area contributed by atoms with Gasteiger partial charge in [0.25, 0.3) is 5.91 Å². The Hall–Kier alpha value is -1.76. The summed E-state index contributed by atoms with van der Waals surface area (Å²) in [6, 6.07) is 11.0. The van der Waals surface area contributed by atoms with E-state index in [0.717, 1.165) is 31.9 Å². The summed E-state index contributed by atoms with van der Waals surface area (Å²) in [6.45, 7) is 6.49. The Balaban J connectivity index is 1.58. The summed E-state index contributed by atoms with van der Waals surface area (Å²) in [5, 5.41) is 3.03. The highest BCUT2D eigenvalue weighted by Crippen LogP contribution is 2.24. The molecule has 1 unspecified atom stereocenters. The van der Waals surface area contributed by atoms with Crippen molar-refractivity contribution < 1.29 is 4.79 Å². The van der Waals surface area contributed by atoms with Gasteiger partial charge in [-0.25, -0.2) is 4.98 Å². The maximum absolute atomic E-state index is 12.2. The Morgan fingerprint density at radius 3 is 2.83 bits per heavy atom. The Labute approximate surface area is 147 Å². The van der Waals surface area contributed by atoms with E-state index in [-0.39, 0.29) is 5.91 Å². The average molecular weight is 344 g/mol. The van der Waals surface area contributed by atoms with Gasteiger partial charge in [0.15, 0.2) is 0 Å². The third-order valence-electron chi connectivity index (χ3n) is 4.51. The molecule has 1 aromatic carbocycles. The largest absolute Gasteiger partial charge is 0.350 e. The van der Waals surface area contributed by atoms with E-state index in [1.54, 1.807) is 5.51 Å². The van der Waals surface area contributed by atoms with Crippen LogP contribution in [0.1, 0.15) is 27.0 Å². The van der Waals surface area contributed by atoms with E-state index in [2.05, 4.69) is 57.5 Å². The van der Waals surface area contributed by atoms with Crippen molar-refractivity contribution in [2.24, 2.45) is 0 Å². The second-order valence-electron chi connectivity index (χ2n) is 6.25. The predicted octanol–water partition coefficient (Wildman–Crippen LogP) is 2.17. The molecule has 128 valence electrons. The molecule has 0 aliphatic carbocycles. The molecule has 24 heavy (non-hydrogen) atoms. The standard InChI is InChI=1S/C18H24N4OS/c1-14-17(24-13-20-14)18(23)19-8-9-22-11-10-21(2)12-16(22)15-6-4-3-5-7-15/h3-7,13,16H,8-12H2,1-2H3,(H,19,23). The van der Waals surface area contributed by atoms with Crippen molar-refractivity contribution in [1.82, 2.24) is 20.1 Å². The normalized spacial score (nSPS) is 19.3. The lowest BCUT2D eigenvalue weighted by Gasteiger charge is -2.40. The van der Waals surface area contributed by atoms with Crippen molar-refractivity contribution in [2.75, 3.05) is 39.8 Å². The first-order valence-corrected chi connectivity index (χ1v) is 9.19. The quantitative estimate of drug-likeness (QED) is 0.903. The molecule has 1 aliphatic rings. The number of nitrogens with one attached hydrogen (secondary N) is 1. The third kappa shape index (κ3) is 4.01. The average Bonchev–Trinajstić information content (AvgIpc) is 3.03. The highest BCUT2D eigenvalue weighted by atomic mass is 32.1. The number of carbonyl (C=O) groups is 1. The van der Waals surface area contributed by atoms with Crippen LogP contribution >= 0.6 is 11.3 Å². The SMILES string of the molecule is Cc1ncsc1C(=O)NCCN1CCN(C)CC1c1ccccc1. The van der Waals surface area contributed by atoms with Gasteiger partial charge in [-0.1, -0.05) is 30.3 Å². The number of hydrogen-bond acceptors (Lipinski definition) is 5. The maximum atomic E-state index is 12.2. The molecule has 1 atom stereocenters. The number of aryl methyl sites for hydroxylation is 1. The van der Waals surface area contributed by atoms with Crippen molar-refractivity contribution >= 4 is 17.2 Å². The van der Waals surface area contributed by atoms with Crippen LogP contribution in [-0.4, -0.2) is 60.5 Å². The molecule has 3 rings (SSSR count). The molecule has 1 amide bonds. The van der Waals surface area contributed by atoms with Crippen LogP contribution in [0.5, 0.6) is 0 Å². The molecular weight excluding hydrogens is 320 g/mol. The second kappa shape index (κ2) is 7.88. The van der Waals surface area contributed by atoms with Crippen molar-refractivity contribution in [3.63, 3.8) is 0 Å². The summed E-state index contributed by atoms with van der Waals surface area (Å²) in [5.41, 5.74) is 3.86. The summed E-state index contributed by atoms with van der Waals surface area (Å²) in [5.74, 6) is -0.0135. The van der Waals surface area contributed by atoms with E-state index in [9.17, 15) is 4.79 Å². The van der Waals surface area contributed by atoms with Crippen LogP contribution in [0.15, 0.2) is 35.8 Å². The lowest BCUT2D eigenvalue weighted by Crippen LogP contribution is -2.48. The topological polar surface area (TPSA) is 48.5 Å². The number of rotatable bonds is 5. The van der Waals surface area contributed by atoms with Crippen LogP contribution < -0.4 is 5.32 Å². The zero-order valence-electron chi connectivity index (χ0n) is 14.2. The van der Waals surface area contributed by atoms with Crippen LogP contribution in [0.25, 0.3) is 0 Å². The van der Waals surface area contributed by atoms with Crippen molar-refractivity contribution in [3.05, 3.63) is 52.0 Å². The number of hydrogen-bond donors (Lipinski definition) is 1. The molecule has 1 aliphatic heterocycles. The monoisotopic (exact) mass is 344 g/mol. The molecule has 1 aromatic heterocycles. The van der Waals surface area contributed by atoms with Crippen LogP contribution in [0, 0.1) is 6.92 Å². The lowest BCUT2D eigenvalue weighted by atomic mass is 10.0. The number of thiazole rings is 1. The fourth-order valence-electron chi connectivity index (χ4n) is 3.13. The van der Waals surface area contributed by atoms with Gasteiger partial charge in [0.2, 0.25) is 0 Å². The van der Waals surface area contributed by atoms with Gasteiger partial charge in [-0.2, -0.15) is 0 Å². The number of likely N-dealkylation sites (N-methyl/N-ethyl adjacent to an activating group) is 1. The smallest absolute Gasteiger partial charge is 0.263 e. The molecule has 1 N–H and O–H groups in total. The number of aromatic nitrogens is 1. The number of carbonyl (C=O) groups excluding carboxylic acids is 1. The number of nitrogens with zero attached hydrogens (tertiary/aromatic N) is 3. The first-order valence-electron chi connectivity index (χ1n) is 8.31. The summed E-state index contributed by atoms with van der Waals surface area (Å²) < 4.78 is 0. The van der Waals surface area contributed by atoms with E-state index in [0.29, 0.717) is 17.5 Å². The van der Waals surface area contributed by atoms with E-state index in [4.69, 9.17) is 0 Å². The van der Waals surface area contributed by atoms with Gasteiger partial charge < -0.3 is 10.2 Å². The highest BCUT2D eigenvalue weighted by molar-refractivity contribution is 7.11. The Morgan fingerprint density at radius 1 is 1.33 bits per heavy atom. The molecule has 1 fully saturated rings. The minimum Gasteiger partial charge on any atom is -0.350 e. The van der Waals surface area contributed by atoms with Crippen LogP contribution in [0.2, 0.25) is 0 Å². The van der Waals surface area contributed by atoms with Gasteiger partial charge in [-0.15, -0.1) is 11.3 Å². The Morgan fingerprint density at radius 2 is 2.12 bits per heavy atom. The third-order valence-corrected chi connectivity index (χ3v) is 5.44. The van der Waals surface area contributed by atoms with Crippen LogP contribution in [-0.2, 0) is 0 Å². The minimum atomic E-state index is -0.0135. The van der Waals surface area contributed by atoms with E-state index in [1.165, 1.54) is 16.9 Å². The van der Waals surface area contributed by atoms with Crippen LogP contribution in [0.4, 0.5) is 0 Å². The van der Waals surface area contributed by atoms with Gasteiger partial charge in [0, 0.05) is 38.8 Å². The Bertz CT molecular complexity index is 673. The molecule has 1 saturated heterocycles. The first-order chi connectivity index (χ1) is 11.6. The number of amides is 1. The molecule has 2 aromatic rings. The summed E-state index contributed by atoms with van der Waals surface area (Å²) in [7, 11) is 2.17. The van der Waals surface area contributed by atoms with Gasteiger partial charge in [0.1, 0.15) is 4.88 Å². The summed E-state index contributed by atoms with van der Waals surface area (Å²) >= 11 is 1.40. The summed E-state index contributed by atoms with van der Waals surface area (Å²) in [4.78, 5) is 21.9. The molecule has 6 heteroatoms. The molecule has 5 nitrogen and oxygen atoms in total. The number of benzene rings is 1. The molecule has 0 radical (unpaired) electrons. The number of piperazine rings is 1. The van der Waals surface area contributed by atoms with Crippen molar-refractivity contribution in [2.45, 2.75) is 13.0 Å². The van der Waals surface area contributed by atoms with Crippen molar-refractivity contribution in [1.29, 1.82) is 0 Å². The van der Waals surface area contributed by atoms with Gasteiger partial charge in [-0.3, -0.25) is 9.69 Å². The maximum Gasteiger partial charge on any atom is 0.263 e. The first kappa shape index (κ1) is 17.1. The van der Waals surface area contributed by atoms with E-state index in [1.807, 2.05) is 6.92 Å². The zero-order chi connectivity index (χ0) is 16.9. The second-order valence-corrected chi connectivity index (χ2v) is 7.10.